The number of unbranched alkanes of at least 4 members (excludes halogenated alkanes) is 1. The second-order valence-corrected chi connectivity index (χ2v) is 6.86. The van der Waals surface area contributed by atoms with E-state index in [1.807, 2.05) is 49.4 Å². The van der Waals surface area contributed by atoms with E-state index in [1.165, 1.54) is 0 Å². The number of fused-ring (bicyclic) bond motifs is 1. The number of carbonyl (C=O) groups is 3. The highest BCUT2D eigenvalue weighted by molar-refractivity contribution is 6.09. The molecule has 0 unspecified atom stereocenters. The Hall–Kier alpha value is -2.89. The minimum atomic E-state index is -1.16. The normalized spacial score (nSPS) is 19.4. The fourth-order valence-electron chi connectivity index (χ4n) is 3.35. The minimum Gasteiger partial charge on any atom is -0.466 e. The lowest BCUT2D eigenvalue weighted by atomic mass is 9.88. The summed E-state index contributed by atoms with van der Waals surface area (Å²) in [6.45, 7) is 4.09. The lowest BCUT2D eigenvalue weighted by Crippen LogP contribution is -2.41. The van der Waals surface area contributed by atoms with E-state index in [4.69, 9.17) is 4.74 Å². The molecule has 1 atom stereocenters. The molecule has 3 rings (SSSR count). The Labute approximate surface area is 158 Å². The van der Waals surface area contributed by atoms with Gasteiger partial charge in [-0.3, -0.25) is 14.5 Å². The predicted molar refractivity (Wildman–Crippen MR) is 102 cm³/mol. The molecule has 0 radical (unpaired) electrons. The summed E-state index contributed by atoms with van der Waals surface area (Å²) in [5.41, 5.74) is -0.420. The first-order valence-electron chi connectivity index (χ1n) is 9.25. The molecule has 1 N–H and O–H groups in total. The Morgan fingerprint density at radius 1 is 1.15 bits per heavy atom. The SMILES string of the molecule is CCCCOC(=O)CCN1C(=O)N[C@](C)(c2cccc3ccccc23)C1=O. The van der Waals surface area contributed by atoms with Crippen LogP contribution in [0.15, 0.2) is 42.5 Å². The van der Waals surface area contributed by atoms with Crippen molar-refractivity contribution in [2.24, 2.45) is 0 Å². The number of benzene rings is 2. The molecule has 1 fully saturated rings. The number of amides is 3. The van der Waals surface area contributed by atoms with Crippen molar-refractivity contribution in [1.29, 1.82) is 0 Å². The molecular formula is C21H24N2O4. The molecule has 1 aliphatic rings. The first-order chi connectivity index (χ1) is 13.0. The van der Waals surface area contributed by atoms with Gasteiger partial charge in [0, 0.05) is 6.54 Å². The third kappa shape index (κ3) is 3.65. The van der Waals surface area contributed by atoms with E-state index in [0.717, 1.165) is 34.1 Å². The van der Waals surface area contributed by atoms with Gasteiger partial charge in [-0.05, 0) is 29.7 Å². The van der Waals surface area contributed by atoms with Crippen LogP contribution in [-0.4, -0.2) is 36.0 Å². The molecule has 1 heterocycles. The van der Waals surface area contributed by atoms with Crippen LogP contribution in [0.5, 0.6) is 0 Å². The monoisotopic (exact) mass is 368 g/mol. The second-order valence-electron chi connectivity index (χ2n) is 6.86. The van der Waals surface area contributed by atoms with E-state index in [1.54, 1.807) is 6.92 Å². The van der Waals surface area contributed by atoms with Crippen molar-refractivity contribution >= 4 is 28.7 Å². The Morgan fingerprint density at radius 3 is 2.67 bits per heavy atom. The van der Waals surface area contributed by atoms with E-state index < -0.39 is 17.5 Å². The predicted octanol–water partition coefficient (Wildman–Crippen LogP) is 3.34. The number of hydrogen-bond donors (Lipinski definition) is 1. The van der Waals surface area contributed by atoms with E-state index in [-0.39, 0.29) is 18.9 Å². The number of ether oxygens (including phenoxy) is 1. The molecule has 3 amide bonds. The van der Waals surface area contributed by atoms with Gasteiger partial charge < -0.3 is 10.1 Å². The molecule has 6 heteroatoms. The quantitative estimate of drug-likeness (QED) is 0.462. The Kier molecular flexibility index (Phi) is 5.44. The summed E-state index contributed by atoms with van der Waals surface area (Å²) >= 11 is 0. The molecule has 2 aromatic carbocycles. The zero-order chi connectivity index (χ0) is 19.4. The number of hydrogen-bond acceptors (Lipinski definition) is 4. The number of nitrogens with one attached hydrogen (secondary N) is 1. The molecule has 142 valence electrons. The van der Waals surface area contributed by atoms with Crippen LogP contribution in [0.2, 0.25) is 0 Å². The summed E-state index contributed by atoms with van der Waals surface area (Å²) in [7, 11) is 0. The van der Waals surface area contributed by atoms with E-state index in [0.29, 0.717) is 6.61 Å². The summed E-state index contributed by atoms with van der Waals surface area (Å²) in [5, 5.41) is 4.71. The first-order valence-corrected chi connectivity index (χ1v) is 9.25. The van der Waals surface area contributed by atoms with Crippen molar-refractivity contribution < 1.29 is 19.1 Å². The van der Waals surface area contributed by atoms with Crippen LogP contribution in [-0.2, 0) is 19.9 Å². The van der Waals surface area contributed by atoms with Crippen molar-refractivity contribution in [2.45, 2.75) is 38.6 Å². The van der Waals surface area contributed by atoms with Gasteiger partial charge in [0.1, 0.15) is 5.54 Å². The largest absolute Gasteiger partial charge is 0.466 e. The maximum absolute atomic E-state index is 13.0. The molecule has 0 saturated carbocycles. The van der Waals surface area contributed by atoms with Gasteiger partial charge in [-0.25, -0.2) is 4.79 Å². The minimum absolute atomic E-state index is 0.00546. The molecular weight excluding hydrogens is 344 g/mol. The van der Waals surface area contributed by atoms with E-state index in [9.17, 15) is 14.4 Å². The van der Waals surface area contributed by atoms with E-state index >= 15 is 0 Å². The zero-order valence-electron chi connectivity index (χ0n) is 15.7. The van der Waals surface area contributed by atoms with Crippen LogP contribution in [0.25, 0.3) is 10.8 Å². The number of imide groups is 1. The second kappa shape index (κ2) is 7.78. The van der Waals surface area contributed by atoms with Gasteiger partial charge in [0.25, 0.3) is 5.91 Å². The van der Waals surface area contributed by atoms with Crippen molar-refractivity contribution in [2.75, 3.05) is 13.2 Å². The standard InChI is InChI=1S/C21H24N2O4/c1-3-4-14-27-18(24)12-13-23-19(25)21(2,22-20(23)26)17-11-7-9-15-8-5-6-10-16(15)17/h5-11H,3-4,12-14H2,1-2H3,(H,22,26)/t21-/m1/s1. The molecule has 0 aliphatic carbocycles. The highest BCUT2D eigenvalue weighted by Crippen LogP contribution is 2.33. The summed E-state index contributed by atoms with van der Waals surface area (Å²) in [5.74, 6) is -0.756. The number of esters is 1. The van der Waals surface area contributed by atoms with Gasteiger partial charge in [-0.1, -0.05) is 55.8 Å². The van der Waals surface area contributed by atoms with Gasteiger partial charge in [0.05, 0.1) is 13.0 Å². The number of nitrogens with zero attached hydrogens (tertiary/aromatic N) is 1. The van der Waals surface area contributed by atoms with Crippen LogP contribution in [0, 0.1) is 0 Å². The zero-order valence-corrected chi connectivity index (χ0v) is 15.7. The molecule has 2 aromatic rings. The smallest absolute Gasteiger partial charge is 0.325 e. The molecule has 0 spiro atoms. The third-order valence-electron chi connectivity index (χ3n) is 4.90. The molecule has 27 heavy (non-hydrogen) atoms. The lowest BCUT2D eigenvalue weighted by molar-refractivity contribution is -0.144. The number of carbonyl (C=O) groups excluding carboxylic acids is 3. The number of rotatable bonds is 7. The summed E-state index contributed by atoms with van der Waals surface area (Å²) in [6, 6.07) is 12.9. The van der Waals surface area contributed by atoms with Crippen LogP contribution in [0.4, 0.5) is 4.79 Å². The Morgan fingerprint density at radius 2 is 1.89 bits per heavy atom. The van der Waals surface area contributed by atoms with Crippen molar-refractivity contribution in [3.05, 3.63) is 48.0 Å². The number of urea groups is 1. The fourth-order valence-corrected chi connectivity index (χ4v) is 3.35. The van der Waals surface area contributed by atoms with Gasteiger partial charge in [0.2, 0.25) is 0 Å². The maximum atomic E-state index is 13.0. The molecule has 0 aromatic heterocycles. The highest BCUT2D eigenvalue weighted by Gasteiger charge is 2.49. The maximum Gasteiger partial charge on any atom is 0.325 e. The van der Waals surface area contributed by atoms with Gasteiger partial charge in [-0.2, -0.15) is 0 Å². The van der Waals surface area contributed by atoms with Crippen LogP contribution < -0.4 is 5.32 Å². The van der Waals surface area contributed by atoms with Crippen LogP contribution in [0.3, 0.4) is 0 Å². The average molecular weight is 368 g/mol. The molecule has 6 nitrogen and oxygen atoms in total. The van der Waals surface area contributed by atoms with Crippen molar-refractivity contribution in [1.82, 2.24) is 10.2 Å². The van der Waals surface area contributed by atoms with Crippen molar-refractivity contribution in [3.63, 3.8) is 0 Å². The Bertz CT molecular complexity index is 874. The topological polar surface area (TPSA) is 75.7 Å². The fraction of sp³-hybridized carbons (Fsp3) is 0.381. The van der Waals surface area contributed by atoms with Gasteiger partial charge in [-0.15, -0.1) is 0 Å². The lowest BCUT2D eigenvalue weighted by Gasteiger charge is -2.24. The van der Waals surface area contributed by atoms with Crippen LogP contribution >= 0.6 is 0 Å². The third-order valence-corrected chi connectivity index (χ3v) is 4.90. The highest BCUT2D eigenvalue weighted by atomic mass is 16.5. The molecule has 1 saturated heterocycles. The van der Waals surface area contributed by atoms with Gasteiger partial charge in [0.15, 0.2) is 0 Å². The summed E-state index contributed by atoms with van der Waals surface area (Å²) < 4.78 is 5.10. The molecule has 1 aliphatic heterocycles. The summed E-state index contributed by atoms with van der Waals surface area (Å²) in [4.78, 5) is 38.4. The van der Waals surface area contributed by atoms with E-state index in [2.05, 4.69) is 5.32 Å². The first kappa shape index (κ1) is 18.9. The van der Waals surface area contributed by atoms with Crippen LogP contribution in [0.1, 0.15) is 38.7 Å². The Balaban J connectivity index is 1.77. The van der Waals surface area contributed by atoms with Crippen molar-refractivity contribution in [3.8, 4) is 0 Å². The molecule has 0 bridgehead atoms. The average Bonchev–Trinajstić information content (AvgIpc) is 2.89. The summed E-state index contributed by atoms with van der Waals surface area (Å²) in [6.07, 6.45) is 1.73. The van der Waals surface area contributed by atoms with Gasteiger partial charge >= 0.3 is 12.0 Å².